The summed E-state index contributed by atoms with van der Waals surface area (Å²) >= 11 is 0. The lowest BCUT2D eigenvalue weighted by molar-refractivity contribution is -0.137. The second-order valence-electron chi connectivity index (χ2n) is 6.08. The minimum absolute atomic E-state index is 0.0130. The zero-order valence-corrected chi connectivity index (χ0v) is 12.8. The summed E-state index contributed by atoms with van der Waals surface area (Å²) in [5, 5.41) is 0. The predicted molar refractivity (Wildman–Crippen MR) is 84.9 cm³/mol. The second kappa shape index (κ2) is 6.36. The Kier molecular flexibility index (Phi) is 4.29. The van der Waals surface area contributed by atoms with E-state index in [1.807, 2.05) is 47.4 Å². The summed E-state index contributed by atoms with van der Waals surface area (Å²) in [6, 6.07) is 12.7. The first-order valence-electron chi connectivity index (χ1n) is 7.81. The molecule has 1 amide bonds. The Bertz CT molecular complexity index is 609. The molecule has 116 valence electrons. The first-order chi connectivity index (χ1) is 10.7. The summed E-state index contributed by atoms with van der Waals surface area (Å²) in [7, 11) is 0. The van der Waals surface area contributed by atoms with Gasteiger partial charge in [0.2, 0.25) is 5.91 Å². The summed E-state index contributed by atoms with van der Waals surface area (Å²) in [5.41, 5.74) is 7.05. The van der Waals surface area contributed by atoms with Crippen molar-refractivity contribution >= 4 is 5.91 Å². The first kappa shape index (κ1) is 14.9. The maximum atomic E-state index is 12.9. The van der Waals surface area contributed by atoms with E-state index in [4.69, 9.17) is 10.2 Å². The standard InChI is InChI=1S/C18H22N2O2/c1-13-9-10-20(15(12-13)16-8-5-11-22-16)18(21)17(19)14-6-3-2-4-7-14/h2-8,11,13,15,17H,9-10,12,19H2,1H3/t13-,15-,17-/m1/s1. The second-order valence-corrected chi connectivity index (χ2v) is 6.08. The number of nitrogens with zero attached hydrogens (tertiary/aromatic N) is 1. The van der Waals surface area contributed by atoms with Crippen LogP contribution in [0.4, 0.5) is 0 Å². The summed E-state index contributed by atoms with van der Waals surface area (Å²) in [4.78, 5) is 14.8. The number of carbonyl (C=O) groups excluding carboxylic acids is 1. The Labute approximate surface area is 130 Å². The zero-order valence-electron chi connectivity index (χ0n) is 12.8. The fraction of sp³-hybridized carbons (Fsp3) is 0.389. The van der Waals surface area contributed by atoms with Gasteiger partial charge in [0.1, 0.15) is 11.8 Å². The third-order valence-electron chi connectivity index (χ3n) is 4.44. The SMILES string of the molecule is C[C@@H]1CCN(C(=O)[C@H](N)c2ccccc2)[C@@H](c2ccco2)C1. The number of piperidine rings is 1. The highest BCUT2D eigenvalue weighted by Crippen LogP contribution is 2.35. The van der Waals surface area contributed by atoms with E-state index in [1.165, 1.54) is 0 Å². The van der Waals surface area contributed by atoms with Crippen LogP contribution in [0.1, 0.15) is 43.2 Å². The molecule has 1 aliphatic rings. The van der Waals surface area contributed by atoms with E-state index in [0.717, 1.165) is 30.7 Å². The molecule has 2 N–H and O–H groups in total. The summed E-state index contributed by atoms with van der Waals surface area (Å²) < 4.78 is 5.55. The van der Waals surface area contributed by atoms with Gasteiger partial charge < -0.3 is 15.1 Å². The van der Waals surface area contributed by atoms with E-state index < -0.39 is 6.04 Å². The number of carbonyl (C=O) groups is 1. The monoisotopic (exact) mass is 298 g/mol. The molecule has 1 aromatic heterocycles. The van der Waals surface area contributed by atoms with Crippen molar-refractivity contribution in [1.82, 2.24) is 4.90 Å². The van der Waals surface area contributed by atoms with Gasteiger partial charge in [-0.2, -0.15) is 0 Å². The lowest BCUT2D eigenvalue weighted by atomic mass is 9.90. The molecule has 0 radical (unpaired) electrons. The Morgan fingerprint density at radius 1 is 1.27 bits per heavy atom. The highest BCUT2D eigenvalue weighted by molar-refractivity contribution is 5.83. The molecule has 0 bridgehead atoms. The van der Waals surface area contributed by atoms with Crippen LogP contribution in [0.2, 0.25) is 0 Å². The van der Waals surface area contributed by atoms with Crippen LogP contribution in [0, 0.1) is 5.92 Å². The van der Waals surface area contributed by atoms with Gasteiger partial charge in [-0.25, -0.2) is 0 Å². The molecule has 1 fully saturated rings. The van der Waals surface area contributed by atoms with Gasteiger partial charge in [-0.05, 0) is 36.5 Å². The minimum Gasteiger partial charge on any atom is -0.467 e. The van der Waals surface area contributed by atoms with Crippen LogP contribution in [0.25, 0.3) is 0 Å². The highest BCUT2D eigenvalue weighted by atomic mass is 16.3. The number of benzene rings is 1. The molecule has 2 aromatic rings. The lowest BCUT2D eigenvalue weighted by Crippen LogP contribution is -2.44. The number of rotatable bonds is 3. The normalized spacial score (nSPS) is 23.3. The average molecular weight is 298 g/mol. The number of amides is 1. The Balaban J connectivity index is 1.83. The molecule has 1 saturated heterocycles. The molecule has 0 spiro atoms. The van der Waals surface area contributed by atoms with E-state index in [-0.39, 0.29) is 11.9 Å². The Morgan fingerprint density at radius 3 is 2.73 bits per heavy atom. The van der Waals surface area contributed by atoms with E-state index in [2.05, 4.69) is 6.92 Å². The van der Waals surface area contributed by atoms with Gasteiger partial charge in [0, 0.05) is 6.54 Å². The number of hydrogen-bond donors (Lipinski definition) is 1. The largest absolute Gasteiger partial charge is 0.467 e. The van der Waals surface area contributed by atoms with Crippen LogP contribution in [-0.2, 0) is 4.79 Å². The fourth-order valence-electron chi connectivity index (χ4n) is 3.14. The molecular formula is C18H22N2O2. The van der Waals surface area contributed by atoms with Crippen LogP contribution >= 0.6 is 0 Å². The van der Waals surface area contributed by atoms with Crippen molar-refractivity contribution in [2.24, 2.45) is 11.7 Å². The Morgan fingerprint density at radius 2 is 2.05 bits per heavy atom. The topological polar surface area (TPSA) is 59.5 Å². The van der Waals surface area contributed by atoms with Gasteiger partial charge in [0.05, 0.1) is 12.3 Å². The van der Waals surface area contributed by atoms with Crippen molar-refractivity contribution in [2.75, 3.05) is 6.54 Å². The van der Waals surface area contributed by atoms with Crippen LogP contribution in [0.3, 0.4) is 0 Å². The van der Waals surface area contributed by atoms with Crippen molar-refractivity contribution in [3.63, 3.8) is 0 Å². The molecule has 4 heteroatoms. The molecule has 0 aliphatic carbocycles. The third kappa shape index (κ3) is 2.92. The molecular weight excluding hydrogens is 276 g/mol. The zero-order chi connectivity index (χ0) is 15.5. The number of hydrogen-bond acceptors (Lipinski definition) is 3. The van der Waals surface area contributed by atoms with Gasteiger partial charge in [0.15, 0.2) is 0 Å². The molecule has 3 atom stereocenters. The Hall–Kier alpha value is -2.07. The maximum Gasteiger partial charge on any atom is 0.244 e. The molecule has 0 saturated carbocycles. The van der Waals surface area contributed by atoms with Crippen molar-refractivity contribution in [3.05, 3.63) is 60.1 Å². The fourth-order valence-corrected chi connectivity index (χ4v) is 3.14. The molecule has 2 heterocycles. The number of nitrogens with two attached hydrogens (primary N) is 1. The molecule has 3 rings (SSSR count). The average Bonchev–Trinajstić information content (AvgIpc) is 3.08. The van der Waals surface area contributed by atoms with E-state index >= 15 is 0 Å². The number of furan rings is 1. The predicted octanol–water partition coefficient (Wildman–Crippen LogP) is 3.28. The minimum atomic E-state index is -0.618. The maximum absolute atomic E-state index is 12.9. The van der Waals surface area contributed by atoms with Gasteiger partial charge >= 0.3 is 0 Å². The molecule has 22 heavy (non-hydrogen) atoms. The van der Waals surface area contributed by atoms with Crippen LogP contribution in [0.15, 0.2) is 53.1 Å². The van der Waals surface area contributed by atoms with E-state index in [0.29, 0.717) is 5.92 Å². The molecule has 4 nitrogen and oxygen atoms in total. The highest BCUT2D eigenvalue weighted by Gasteiger charge is 2.35. The van der Waals surface area contributed by atoms with Crippen molar-refractivity contribution < 1.29 is 9.21 Å². The van der Waals surface area contributed by atoms with Crippen molar-refractivity contribution in [1.29, 1.82) is 0 Å². The van der Waals surface area contributed by atoms with Gasteiger partial charge in [-0.3, -0.25) is 4.79 Å². The lowest BCUT2D eigenvalue weighted by Gasteiger charge is -2.38. The third-order valence-corrected chi connectivity index (χ3v) is 4.44. The van der Waals surface area contributed by atoms with Gasteiger partial charge in [-0.15, -0.1) is 0 Å². The smallest absolute Gasteiger partial charge is 0.244 e. The summed E-state index contributed by atoms with van der Waals surface area (Å²) in [6.07, 6.45) is 3.58. The van der Waals surface area contributed by atoms with Gasteiger partial charge in [-0.1, -0.05) is 37.3 Å². The molecule has 0 unspecified atom stereocenters. The van der Waals surface area contributed by atoms with Crippen LogP contribution < -0.4 is 5.73 Å². The quantitative estimate of drug-likeness (QED) is 0.946. The van der Waals surface area contributed by atoms with Crippen molar-refractivity contribution in [3.8, 4) is 0 Å². The van der Waals surface area contributed by atoms with Crippen LogP contribution in [-0.4, -0.2) is 17.4 Å². The van der Waals surface area contributed by atoms with E-state index in [9.17, 15) is 4.79 Å². The summed E-state index contributed by atoms with van der Waals surface area (Å²) in [6.45, 7) is 2.95. The molecule has 1 aromatic carbocycles. The van der Waals surface area contributed by atoms with Gasteiger partial charge in [0.25, 0.3) is 0 Å². The number of likely N-dealkylation sites (tertiary alicyclic amines) is 1. The molecule has 1 aliphatic heterocycles. The van der Waals surface area contributed by atoms with Crippen molar-refractivity contribution in [2.45, 2.75) is 31.8 Å². The first-order valence-corrected chi connectivity index (χ1v) is 7.81. The summed E-state index contributed by atoms with van der Waals surface area (Å²) in [5.74, 6) is 1.40. The van der Waals surface area contributed by atoms with E-state index in [1.54, 1.807) is 6.26 Å². The van der Waals surface area contributed by atoms with Crippen LogP contribution in [0.5, 0.6) is 0 Å².